The summed E-state index contributed by atoms with van der Waals surface area (Å²) in [6.45, 7) is 5.71. The summed E-state index contributed by atoms with van der Waals surface area (Å²) in [6.07, 6.45) is 2.28. The van der Waals surface area contributed by atoms with Crippen LogP contribution in [0.15, 0.2) is 36.4 Å². The summed E-state index contributed by atoms with van der Waals surface area (Å²) in [6, 6.07) is 12.5. The van der Waals surface area contributed by atoms with Crippen LogP contribution in [0.25, 0.3) is 0 Å². The molecule has 134 valence electrons. The molecule has 0 radical (unpaired) electrons. The lowest BCUT2D eigenvalue weighted by molar-refractivity contribution is -0.916. The van der Waals surface area contributed by atoms with E-state index in [-0.39, 0.29) is 0 Å². The lowest BCUT2D eigenvalue weighted by Crippen LogP contribution is -3.11. The molecule has 0 saturated carbocycles. The number of benzene rings is 2. The van der Waals surface area contributed by atoms with E-state index in [0.717, 1.165) is 29.5 Å². The second kappa shape index (κ2) is 8.11. The fourth-order valence-corrected chi connectivity index (χ4v) is 3.75. The quantitative estimate of drug-likeness (QED) is 0.852. The molecule has 1 unspecified atom stereocenters. The van der Waals surface area contributed by atoms with Gasteiger partial charge in [0, 0.05) is 23.4 Å². The van der Waals surface area contributed by atoms with Crippen LogP contribution in [-0.2, 0) is 13.0 Å². The number of ether oxygens (including phenoxy) is 2. The van der Waals surface area contributed by atoms with Crippen LogP contribution >= 0.6 is 11.6 Å². The molecule has 0 amide bonds. The Morgan fingerprint density at radius 3 is 2.32 bits per heavy atom. The van der Waals surface area contributed by atoms with E-state index in [1.807, 2.05) is 12.1 Å². The Balaban J connectivity index is 1.62. The zero-order valence-electron chi connectivity index (χ0n) is 15.3. The third-order valence-corrected chi connectivity index (χ3v) is 5.52. The summed E-state index contributed by atoms with van der Waals surface area (Å²) in [5.74, 6) is 2.22. The van der Waals surface area contributed by atoms with Gasteiger partial charge in [-0.15, -0.1) is 0 Å². The summed E-state index contributed by atoms with van der Waals surface area (Å²) in [5.41, 5.74) is 4.15. The van der Waals surface area contributed by atoms with E-state index in [2.05, 4.69) is 31.2 Å². The van der Waals surface area contributed by atoms with Crippen molar-refractivity contribution in [1.29, 1.82) is 0 Å². The SMILES string of the molecule is COc1cc2c(cc1OC)C[NH+](CC[C@@H](C)c1ccc(Cl)cc1)CC2. The van der Waals surface area contributed by atoms with E-state index in [9.17, 15) is 0 Å². The second-order valence-electron chi connectivity index (χ2n) is 6.89. The number of nitrogens with one attached hydrogen (secondary N) is 1. The molecule has 25 heavy (non-hydrogen) atoms. The molecule has 3 rings (SSSR count). The van der Waals surface area contributed by atoms with Crippen LogP contribution in [0.5, 0.6) is 11.5 Å². The molecule has 0 bridgehead atoms. The first-order valence-electron chi connectivity index (χ1n) is 8.93. The maximum atomic E-state index is 5.99. The summed E-state index contributed by atoms with van der Waals surface area (Å²) in [4.78, 5) is 1.64. The highest BCUT2D eigenvalue weighted by molar-refractivity contribution is 6.30. The van der Waals surface area contributed by atoms with Crippen molar-refractivity contribution >= 4 is 11.6 Å². The first kappa shape index (κ1) is 18.1. The fourth-order valence-electron chi connectivity index (χ4n) is 3.62. The first-order valence-corrected chi connectivity index (χ1v) is 9.31. The van der Waals surface area contributed by atoms with Gasteiger partial charge in [-0.2, -0.15) is 0 Å². The van der Waals surface area contributed by atoms with Gasteiger partial charge in [0.15, 0.2) is 11.5 Å². The highest BCUT2D eigenvalue weighted by Gasteiger charge is 2.22. The molecule has 4 heteroatoms. The number of methoxy groups -OCH3 is 2. The molecular formula is C21H27ClNO2+. The minimum Gasteiger partial charge on any atom is -0.493 e. The number of hydrogen-bond donors (Lipinski definition) is 1. The third kappa shape index (κ3) is 4.28. The Morgan fingerprint density at radius 1 is 1.04 bits per heavy atom. The number of halogens is 1. The lowest BCUT2D eigenvalue weighted by Gasteiger charge is -2.27. The molecule has 2 aromatic rings. The maximum absolute atomic E-state index is 5.99. The molecule has 2 aromatic carbocycles. The number of fused-ring (bicyclic) bond motifs is 1. The van der Waals surface area contributed by atoms with Crippen molar-refractivity contribution in [2.24, 2.45) is 0 Å². The number of quaternary nitrogens is 1. The van der Waals surface area contributed by atoms with Crippen molar-refractivity contribution in [3.05, 3.63) is 58.1 Å². The van der Waals surface area contributed by atoms with Crippen LogP contribution in [0.1, 0.15) is 36.0 Å². The van der Waals surface area contributed by atoms with E-state index in [1.54, 1.807) is 19.1 Å². The highest BCUT2D eigenvalue weighted by atomic mass is 35.5. The Hall–Kier alpha value is -1.71. The zero-order chi connectivity index (χ0) is 17.8. The summed E-state index contributed by atoms with van der Waals surface area (Å²) in [7, 11) is 3.40. The van der Waals surface area contributed by atoms with Crippen molar-refractivity contribution in [1.82, 2.24) is 0 Å². The predicted molar refractivity (Wildman–Crippen MR) is 102 cm³/mol. The van der Waals surface area contributed by atoms with Gasteiger partial charge >= 0.3 is 0 Å². The van der Waals surface area contributed by atoms with Crippen LogP contribution < -0.4 is 14.4 Å². The van der Waals surface area contributed by atoms with E-state index in [0.29, 0.717) is 5.92 Å². The Labute approximate surface area is 155 Å². The van der Waals surface area contributed by atoms with Crippen molar-refractivity contribution in [3.8, 4) is 11.5 Å². The zero-order valence-corrected chi connectivity index (χ0v) is 16.0. The highest BCUT2D eigenvalue weighted by Crippen LogP contribution is 2.31. The van der Waals surface area contributed by atoms with Gasteiger partial charge < -0.3 is 14.4 Å². The Morgan fingerprint density at radius 2 is 1.68 bits per heavy atom. The average molecular weight is 361 g/mol. The van der Waals surface area contributed by atoms with Crippen LogP contribution in [0.2, 0.25) is 5.02 Å². The van der Waals surface area contributed by atoms with Crippen LogP contribution in [-0.4, -0.2) is 27.3 Å². The van der Waals surface area contributed by atoms with Gasteiger partial charge in [0.1, 0.15) is 6.54 Å². The lowest BCUT2D eigenvalue weighted by atomic mass is 9.95. The van der Waals surface area contributed by atoms with Crippen LogP contribution in [0.3, 0.4) is 0 Å². The molecule has 2 atom stereocenters. The van der Waals surface area contributed by atoms with Crippen molar-refractivity contribution in [3.63, 3.8) is 0 Å². The van der Waals surface area contributed by atoms with Crippen molar-refractivity contribution in [2.45, 2.75) is 32.2 Å². The van der Waals surface area contributed by atoms with Gasteiger partial charge in [-0.3, -0.25) is 0 Å². The summed E-state index contributed by atoms with van der Waals surface area (Å²) >= 11 is 5.99. The van der Waals surface area contributed by atoms with Crippen molar-refractivity contribution < 1.29 is 14.4 Å². The van der Waals surface area contributed by atoms with E-state index in [1.165, 1.54) is 36.2 Å². The van der Waals surface area contributed by atoms with Crippen LogP contribution in [0, 0.1) is 0 Å². The number of hydrogen-bond acceptors (Lipinski definition) is 2. The molecule has 1 N–H and O–H groups in total. The molecular weight excluding hydrogens is 334 g/mol. The van der Waals surface area contributed by atoms with E-state index >= 15 is 0 Å². The summed E-state index contributed by atoms with van der Waals surface area (Å²) < 4.78 is 10.9. The van der Waals surface area contributed by atoms with Gasteiger partial charge in [-0.05, 0) is 41.3 Å². The van der Waals surface area contributed by atoms with Gasteiger partial charge in [0.2, 0.25) is 0 Å². The minimum atomic E-state index is 0.552. The molecule has 0 saturated heterocycles. The largest absolute Gasteiger partial charge is 0.493 e. The smallest absolute Gasteiger partial charge is 0.161 e. The maximum Gasteiger partial charge on any atom is 0.161 e. The molecule has 0 aliphatic carbocycles. The molecule has 3 nitrogen and oxygen atoms in total. The topological polar surface area (TPSA) is 22.9 Å². The van der Waals surface area contributed by atoms with E-state index < -0.39 is 0 Å². The molecule has 0 aromatic heterocycles. The Bertz CT molecular complexity index is 715. The molecule has 0 spiro atoms. The van der Waals surface area contributed by atoms with Gasteiger partial charge in [0.05, 0.1) is 27.3 Å². The molecule has 1 aliphatic rings. The second-order valence-corrected chi connectivity index (χ2v) is 7.33. The predicted octanol–water partition coefficient (Wildman–Crippen LogP) is 3.49. The van der Waals surface area contributed by atoms with Crippen LogP contribution in [0.4, 0.5) is 0 Å². The normalized spacial score (nSPS) is 17.7. The number of rotatable bonds is 6. The first-order chi connectivity index (χ1) is 12.1. The Kier molecular flexibility index (Phi) is 5.87. The molecule has 1 heterocycles. The standard InChI is InChI=1S/C21H26ClNO2/c1-15(16-4-6-19(22)7-5-16)8-10-23-11-9-17-12-20(24-2)21(25-3)13-18(17)14-23/h4-7,12-13,15H,8-11,14H2,1-3H3/p+1/t15-/m1/s1. The molecule has 1 aliphatic heterocycles. The van der Waals surface area contributed by atoms with Gasteiger partial charge in [-0.1, -0.05) is 30.7 Å². The van der Waals surface area contributed by atoms with E-state index in [4.69, 9.17) is 21.1 Å². The molecule has 0 fully saturated rings. The fraction of sp³-hybridized carbons (Fsp3) is 0.429. The van der Waals surface area contributed by atoms with Gasteiger partial charge in [0.25, 0.3) is 0 Å². The third-order valence-electron chi connectivity index (χ3n) is 5.26. The van der Waals surface area contributed by atoms with Gasteiger partial charge in [-0.25, -0.2) is 0 Å². The average Bonchev–Trinajstić information content (AvgIpc) is 2.65. The summed E-state index contributed by atoms with van der Waals surface area (Å²) in [5, 5.41) is 0.804. The van der Waals surface area contributed by atoms with Crippen molar-refractivity contribution in [2.75, 3.05) is 27.3 Å². The monoisotopic (exact) mass is 360 g/mol. The minimum absolute atomic E-state index is 0.552.